The van der Waals surface area contributed by atoms with Gasteiger partial charge in [0, 0.05) is 30.7 Å². The van der Waals surface area contributed by atoms with Gasteiger partial charge in [0.1, 0.15) is 0 Å². The number of nitrogens with zero attached hydrogens (tertiary/aromatic N) is 2. The molecule has 102 valence electrons. The third kappa shape index (κ3) is 2.89. The summed E-state index contributed by atoms with van der Waals surface area (Å²) in [6, 6.07) is 6.53. The molecule has 0 atom stereocenters. The SMILES string of the molecule is CNC(=O)c1cccc(NC(=O)c2nccnc2N)c1. The number of carbonyl (C=O) groups is 2. The number of nitrogens with one attached hydrogen (secondary N) is 2. The first-order valence-electron chi connectivity index (χ1n) is 5.82. The van der Waals surface area contributed by atoms with Gasteiger partial charge in [-0.3, -0.25) is 9.59 Å². The van der Waals surface area contributed by atoms with Crippen molar-refractivity contribution in [1.82, 2.24) is 15.3 Å². The van der Waals surface area contributed by atoms with Crippen LogP contribution in [0.1, 0.15) is 20.8 Å². The number of hydrogen-bond acceptors (Lipinski definition) is 5. The maximum Gasteiger partial charge on any atom is 0.278 e. The number of nitrogens with two attached hydrogens (primary N) is 1. The molecule has 0 fully saturated rings. The first kappa shape index (κ1) is 13.5. The third-order valence-corrected chi connectivity index (χ3v) is 2.55. The normalized spacial score (nSPS) is 9.85. The summed E-state index contributed by atoms with van der Waals surface area (Å²) in [7, 11) is 1.54. The first-order valence-corrected chi connectivity index (χ1v) is 5.82. The second kappa shape index (κ2) is 5.79. The number of benzene rings is 1. The van der Waals surface area contributed by atoms with Gasteiger partial charge in [0.2, 0.25) is 0 Å². The Morgan fingerprint density at radius 1 is 1.15 bits per heavy atom. The molecule has 0 radical (unpaired) electrons. The van der Waals surface area contributed by atoms with E-state index in [-0.39, 0.29) is 17.4 Å². The lowest BCUT2D eigenvalue weighted by molar-refractivity contribution is 0.0961. The molecule has 1 aromatic heterocycles. The molecule has 2 aromatic rings. The Balaban J connectivity index is 2.20. The fourth-order valence-corrected chi connectivity index (χ4v) is 1.60. The standard InChI is InChI=1S/C13H13N5O2/c1-15-12(19)8-3-2-4-9(7-8)18-13(20)10-11(14)17-6-5-16-10/h2-7H,1H3,(H2,14,17)(H,15,19)(H,18,20). The van der Waals surface area contributed by atoms with Gasteiger partial charge in [0.25, 0.3) is 11.8 Å². The molecule has 0 bridgehead atoms. The first-order chi connectivity index (χ1) is 9.61. The van der Waals surface area contributed by atoms with Crippen LogP contribution in [0.15, 0.2) is 36.7 Å². The molecular formula is C13H13N5O2. The molecule has 1 heterocycles. The Morgan fingerprint density at radius 3 is 2.60 bits per heavy atom. The maximum atomic E-state index is 12.0. The van der Waals surface area contributed by atoms with Crippen LogP contribution in [-0.4, -0.2) is 28.8 Å². The van der Waals surface area contributed by atoms with Crippen LogP contribution in [0, 0.1) is 0 Å². The summed E-state index contributed by atoms with van der Waals surface area (Å²) in [5.41, 5.74) is 6.53. The van der Waals surface area contributed by atoms with Gasteiger partial charge in [-0.05, 0) is 18.2 Å². The third-order valence-electron chi connectivity index (χ3n) is 2.55. The Labute approximate surface area is 115 Å². The van der Waals surface area contributed by atoms with E-state index >= 15 is 0 Å². The Bertz CT molecular complexity index is 657. The van der Waals surface area contributed by atoms with Gasteiger partial charge in [-0.25, -0.2) is 9.97 Å². The van der Waals surface area contributed by atoms with Crippen LogP contribution >= 0.6 is 0 Å². The van der Waals surface area contributed by atoms with Gasteiger partial charge in [-0.1, -0.05) is 6.07 Å². The van der Waals surface area contributed by atoms with E-state index in [1.165, 1.54) is 19.4 Å². The average molecular weight is 271 g/mol. The van der Waals surface area contributed by atoms with Crippen molar-refractivity contribution >= 4 is 23.3 Å². The van der Waals surface area contributed by atoms with Crippen LogP contribution in [0.25, 0.3) is 0 Å². The monoisotopic (exact) mass is 271 g/mol. The van der Waals surface area contributed by atoms with Gasteiger partial charge in [0.15, 0.2) is 11.5 Å². The maximum absolute atomic E-state index is 12.0. The highest BCUT2D eigenvalue weighted by atomic mass is 16.2. The summed E-state index contributed by atoms with van der Waals surface area (Å²) in [6.07, 6.45) is 2.78. The number of anilines is 2. The van der Waals surface area contributed by atoms with Crippen LogP contribution in [0.2, 0.25) is 0 Å². The van der Waals surface area contributed by atoms with Crippen LogP contribution in [-0.2, 0) is 0 Å². The number of hydrogen-bond donors (Lipinski definition) is 3. The second-order valence-electron chi connectivity index (χ2n) is 3.90. The number of carbonyl (C=O) groups excluding carboxylic acids is 2. The minimum absolute atomic E-state index is 0.0397. The quantitative estimate of drug-likeness (QED) is 0.760. The molecule has 2 amide bonds. The average Bonchev–Trinajstić information content (AvgIpc) is 2.47. The van der Waals surface area contributed by atoms with Gasteiger partial charge >= 0.3 is 0 Å². The second-order valence-corrected chi connectivity index (χ2v) is 3.90. The molecule has 0 unspecified atom stereocenters. The molecule has 7 nitrogen and oxygen atoms in total. The number of nitrogen functional groups attached to an aromatic ring is 1. The minimum atomic E-state index is -0.482. The Kier molecular flexibility index (Phi) is 3.90. The lowest BCUT2D eigenvalue weighted by Gasteiger charge is -2.07. The smallest absolute Gasteiger partial charge is 0.278 e. The fraction of sp³-hybridized carbons (Fsp3) is 0.0769. The van der Waals surface area contributed by atoms with E-state index in [9.17, 15) is 9.59 Å². The summed E-state index contributed by atoms with van der Waals surface area (Å²) in [5, 5.41) is 5.13. The van der Waals surface area contributed by atoms with Gasteiger partial charge < -0.3 is 16.4 Å². The largest absolute Gasteiger partial charge is 0.382 e. The van der Waals surface area contributed by atoms with Crippen molar-refractivity contribution in [1.29, 1.82) is 0 Å². The highest BCUT2D eigenvalue weighted by molar-refractivity contribution is 6.06. The van der Waals surface area contributed by atoms with Gasteiger partial charge in [-0.15, -0.1) is 0 Å². The van der Waals surface area contributed by atoms with E-state index < -0.39 is 5.91 Å². The Hall–Kier alpha value is -2.96. The van der Waals surface area contributed by atoms with Crippen molar-refractivity contribution in [2.45, 2.75) is 0 Å². The van der Waals surface area contributed by atoms with E-state index in [1.54, 1.807) is 24.3 Å². The number of rotatable bonds is 3. The summed E-state index contributed by atoms with van der Waals surface area (Å²) in [5.74, 6) is -0.669. The van der Waals surface area contributed by atoms with E-state index in [4.69, 9.17) is 5.73 Å². The molecule has 0 saturated carbocycles. The summed E-state index contributed by atoms with van der Waals surface area (Å²) in [4.78, 5) is 31.2. The molecule has 2 rings (SSSR count). The van der Waals surface area contributed by atoms with Crippen LogP contribution < -0.4 is 16.4 Å². The molecule has 0 saturated heterocycles. The molecule has 4 N–H and O–H groups in total. The zero-order valence-electron chi connectivity index (χ0n) is 10.8. The van der Waals surface area contributed by atoms with Crippen molar-refractivity contribution in [3.8, 4) is 0 Å². The van der Waals surface area contributed by atoms with Gasteiger partial charge in [-0.2, -0.15) is 0 Å². The lowest BCUT2D eigenvalue weighted by Crippen LogP contribution is -2.19. The Morgan fingerprint density at radius 2 is 1.90 bits per heavy atom. The van der Waals surface area contributed by atoms with E-state index in [0.717, 1.165) is 0 Å². The molecule has 7 heteroatoms. The van der Waals surface area contributed by atoms with Crippen molar-refractivity contribution < 1.29 is 9.59 Å². The van der Waals surface area contributed by atoms with Crippen LogP contribution in [0.5, 0.6) is 0 Å². The molecule has 0 aliphatic carbocycles. The molecule has 0 spiro atoms. The lowest BCUT2D eigenvalue weighted by atomic mass is 10.2. The predicted molar refractivity (Wildman–Crippen MR) is 74.2 cm³/mol. The fourth-order valence-electron chi connectivity index (χ4n) is 1.60. The van der Waals surface area contributed by atoms with Crippen molar-refractivity contribution in [2.75, 3.05) is 18.1 Å². The topological polar surface area (TPSA) is 110 Å². The number of amides is 2. The molecule has 20 heavy (non-hydrogen) atoms. The van der Waals surface area contributed by atoms with Gasteiger partial charge in [0.05, 0.1) is 0 Å². The van der Waals surface area contributed by atoms with Crippen molar-refractivity contribution in [3.05, 3.63) is 47.9 Å². The molecule has 0 aliphatic rings. The van der Waals surface area contributed by atoms with E-state index in [2.05, 4.69) is 20.6 Å². The zero-order valence-corrected chi connectivity index (χ0v) is 10.8. The zero-order chi connectivity index (χ0) is 14.5. The highest BCUT2D eigenvalue weighted by Gasteiger charge is 2.13. The summed E-state index contributed by atoms with van der Waals surface area (Å²) >= 11 is 0. The van der Waals surface area contributed by atoms with Crippen molar-refractivity contribution in [2.24, 2.45) is 0 Å². The van der Waals surface area contributed by atoms with Crippen LogP contribution in [0.3, 0.4) is 0 Å². The van der Waals surface area contributed by atoms with E-state index in [1.807, 2.05) is 0 Å². The highest BCUT2D eigenvalue weighted by Crippen LogP contribution is 2.13. The molecule has 1 aromatic carbocycles. The predicted octanol–water partition coefficient (Wildman–Crippen LogP) is 0.671. The van der Waals surface area contributed by atoms with E-state index in [0.29, 0.717) is 11.3 Å². The molecule has 0 aliphatic heterocycles. The van der Waals surface area contributed by atoms with Crippen LogP contribution in [0.4, 0.5) is 11.5 Å². The summed E-state index contributed by atoms with van der Waals surface area (Å²) < 4.78 is 0. The van der Waals surface area contributed by atoms with Crippen molar-refractivity contribution in [3.63, 3.8) is 0 Å². The summed E-state index contributed by atoms with van der Waals surface area (Å²) in [6.45, 7) is 0. The number of aromatic nitrogens is 2. The minimum Gasteiger partial charge on any atom is -0.382 e. The molecular weight excluding hydrogens is 258 g/mol.